The fraction of sp³-hybridized carbons (Fsp3) is 0.0667. The number of ether oxygens (including phenoxy) is 1. The number of nitrogens with one attached hydrogen (secondary N) is 1. The molecule has 6 heteroatoms. The first kappa shape index (κ1) is 14.3. The lowest BCUT2D eigenvalue weighted by Crippen LogP contribution is -2.21. The van der Waals surface area contributed by atoms with Crippen molar-refractivity contribution in [2.45, 2.75) is 0 Å². The number of nitrogens with zero attached hydrogens (tertiary/aromatic N) is 1. The van der Waals surface area contributed by atoms with Crippen LogP contribution in [0.15, 0.2) is 42.5 Å². The maximum absolute atomic E-state index is 13.6. The van der Waals surface area contributed by atoms with E-state index in [1.165, 1.54) is 12.1 Å². The van der Waals surface area contributed by atoms with E-state index in [0.717, 1.165) is 6.07 Å². The Morgan fingerprint density at radius 1 is 1.33 bits per heavy atom. The predicted octanol–water partition coefficient (Wildman–Crippen LogP) is 2.30. The zero-order valence-electron chi connectivity index (χ0n) is 11.0. The van der Waals surface area contributed by atoms with Crippen molar-refractivity contribution in [3.05, 3.63) is 53.8 Å². The van der Waals surface area contributed by atoms with E-state index in [2.05, 4.69) is 5.32 Å². The molecule has 0 aliphatic carbocycles. The van der Waals surface area contributed by atoms with Gasteiger partial charge in [0.15, 0.2) is 18.2 Å². The molecule has 1 amide bonds. The summed E-state index contributed by atoms with van der Waals surface area (Å²) in [4.78, 5) is 11.7. The Labute approximate surface area is 120 Å². The lowest BCUT2D eigenvalue weighted by atomic mass is 10.2. The molecule has 21 heavy (non-hydrogen) atoms. The monoisotopic (exact) mass is 285 g/mol. The van der Waals surface area contributed by atoms with Crippen LogP contribution in [0.4, 0.5) is 15.8 Å². The number of carbonyl (C=O) groups excluding carboxylic acids is 1. The molecule has 0 aliphatic rings. The maximum atomic E-state index is 13.6. The first-order valence-electron chi connectivity index (χ1n) is 6.07. The van der Waals surface area contributed by atoms with Crippen LogP contribution < -0.4 is 15.8 Å². The summed E-state index contributed by atoms with van der Waals surface area (Å²) < 4.78 is 18.6. The first-order chi connectivity index (χ1) is 10.1. The average molecular weight is 285 g/mol. The third-order valence-electron chi connectivity index (χ3n) is 2.65. The van der Waals surface area contributed by atoms with Crippen LogP contribution in [0.25, 0.3) is 0 Å². The van der Waals surface area contributed by atoms with E-state index in [4.69, 9.17) is 15.7 Å². The van der Waals surface area contributed by atoms with Crippen molar-refractivity contribution in [1.82, 2.24) is 0 Å². The first-order valence-corrected chi connectivity index (χ1v) is 6.07. The van der Waals surface area contributed by atoms with E-state index in [9.17, 15) is 9.18 Å². The topological polar surface area (TPSA) is 88.1 Å². The van der Waals surface area contributed by atoms with Gasteiger partial charge in [-0.15, -0.1) is 0 Å². The molecular formula is C15H12FN3O2. The Morgan fingerprint density at radius 2 is 2.10 bits per heavy atom. The number of hydrogen-bond acceptors (Lipinski definition) is 4. The molecule has 0 bridgehead atoms. The molecule has 3 N–H and O–H groups in total. The van der Waals surface area contributed by atoms with Gasteiger partial charge in [0.25, 0.3) is 5.91 Å². The van der Waals surface area contributed by atoms with Crippen LogP contribution in [0.5, 0.6) is 5.75 Å². The second-order valence-corrected chi connectivity index (χ2v) is 4.18. The van der Waals surface area contributed by atoms with E-state index in [1.54, 1.807) is 24.3 Å². The van der Waals surface area contributed by atoms with Crippen molar-refractivity contribution in [2.75, 3.05) is 17.7 Å². The van der Waals surface area contributed by atoms with Crippen LogP contribution in [0, 0.1) is 17.1 Å². The minimum Gasteiger partial charge on any atom is -0.481 e. The highest BCUT2D eigenvalue weighted by molar-refractivity contribution is 5.94. The normalized spacial score (nSPS) is 9.71. The summed E-state index contributed by atoms with van der Waals surface area (Å²) in [5.74, 6) is -1.25. The van der Waals surface area contributed by atoms with E-state index in [-0.39, 0.29) is 17.9 Å². The number of nitrogens with two attached hydrogens (primary N) is 1. The van der Waals surface area contributed by atoms with Gasteiger partial charge in [-0.25, -0.2) is 4.39 Å². The Kier molecular flexibility index (Phi) is 4.36. The summed E-state index contributed by atoms with van der Waals surface area (Å²) in [7, 11) is 0. The number of para-hydroxylation sites is 2. The summed E-state index contributed by atoms with van der Waals surface area (Å²) >= 11 is 0. The molecular weight excluding hydrogens is 273 g/mol. The van der Waals surface area contributed by atoms with E-state index in [0.29, 0.717) is 11.4 Å². The van der Waals surface area contributed by atoms with Gasteiger partial charge in [-0.3, -0.25) is 4.79 Å². The number of amides is 1. The molecule has 0 fully saturated rings. The van der Waals surface area contributed by atoms with Crippen molar-refractivity contribution < 1.29 is 13.9 Å². The Bertz CT molecular complexity index is 710. The molecule has 2 rings (SSSR count). The fourth-order valence-corrected chi connectivity index (χ4v) is 1.63. The number of carbonyl (C=O) groups is 1. The van der Waals surface area contributed by atoms with Gasteiger partial charge in [-0.05, 0) is 30.3 Å². The molecule has 0 aliphatic heterocycles. The highest BCUT2D eigenvalue weighted by atomic mass is 19.1. The Balaban J connectivity index is 1.96. The molecule has 2 aromatic carbocycles. The van der Waals surface area contributed by atoms with Gasteiger partial charge in [0.2, 0.25) is 0 Å². The largest absolute Gasteiger partial charge is 0.481 e. The molecule has 2 aromatic rings. The molecule has 0 atom stereocenters. The number of anilines is 2. The summed E-state index contributed by atoms with van der Waals surface area (Å²) in [5.41, 5.74) is 6.76. The second kappa shape index (κ2) is 6.39. The smallest absolute Gasteiger partial charge is 0.262 e. The van der Waals surface area contributed by atoms with Crippen molar-refractivity contribution in [1.29, 1.82) is 5.26 Å². The van der Waals surface area contributed by atoms with E-state index < -0.39 is 11.7 Å². The summed E-state index contributed by atoms with van der Waals surface area (Å²) in [6, 6.07) is 12.3. The van der Waals surface area contributed by atoms with Crippen molar-refractivity contribution in [3.63, 3.8) is 0 Å². The van der Waals surface area contributed by atoms with Crippen LogP contribution in [-0.4, -0.2) is 12.5 Å². The second-order valence-electron chi connectivity index (χ2n) is 4.18. The van der Waals surface area contributed by atoms with Crippen LogP contribution in [0.2, 0.25) is 0 Å². The minimum atomic E-state index is -0.693. The number of rotatable bonds is 4. The summed E-state index contributed by atoms with van der Waals surface area (Å²) in [6.45, 7) is -0.364. The highest BCUT2D eigenvalue weighted by Crippen LogP contribution is 2.19. The molecule has 106 valence electrons. The third-order valence-corrected chi connectivity index (χ3v) is 2.65. The van der Waals surface area contributed by atoms with Gasteiger partial charge in [-0.2, -0.15) is 5.26 Å². The van der Waals surface area contributed by atoms with Crippen LogP contribution >= 0.6 is 0 Å². The molecule has 0 spiro atoms. The summed E-state index contributed by atoms with van der Waals surface area (Å²) in [5, 5.41) is 11.2. The standard InChI is InChI=1S/C15H12FN3O2/c16-11-7-10(8-17)5-6-14(11)21-9-15(20)19-13-4-2-1-3-12(13)18/h1-7H,9,18H2,(H,19,20). The molecule has 0 aromatic heterocycles. The lowest BCUT2D eigenvalue weighted by molar-refractivity contribution is -0.118. The van der Waals surface area contributed by atoms with Crippen molar-refractivity contribution >= 4 is 17.3 Å². The Hall–Kier alpha value is -3.07. The van der Waals surface area contributed by atoms with Crippen LogP contribution in [0.1, 0.15) is 5.56 Å². The van der Waals surface area contributed by atoms with Crippen LogP contribution in [-0.2, 0) is 4.79 Å². The highest BCUT2D eigenvalue weighted by Gasteiger charge is 2.09. The van der Waals surface area contributed by atoms with Crippen molar-refractivity contribution in [3.8, 4) is 11.8 Å². The molecule has 0 radical (unpaired) electrons. The number of hydrogen-bond donors (Lipinski definition) is 2. The molecule has 0 unspecified atom stereocenters. The van der Waals surface area contributed by atoms with Gasteiger partial charge in [0.1, 0.15) is 0 Å². The third kappa shape index (κ3) is 3.70. The average Bonchev–Trinajstić information content (AvgIpc) is 2.48. The van der Waals surface area contributed by atoms with E-state index in [1.807, 2.05) is 6.07 Å². The molecule has 5 nitrogen and oxygen atoms in total. The van der Waals surface area contributed by atoms with Gasteiger partial charge < -0.3 is 15.8 Å². The summed E-state index contributed by atoms with van der Waals surface area (Å²) in [6.07, 6.45) is 0. The zero-order valence-corrected chi connectivity index (χ0v) is 11.0. The number of nitrogen functional groups attached to an aromatic ring is 1. The van der Waals surface area contributed by atoms with Gasteiger partial charge in [-0.1, -0.05) is 12.1 Å². The zero-order chi connectivity index (χ0) is 15.2. The predicted molar refractivity (Wildman–Crippen MR) is 76.1 cm³/mol. The van der Waals surface area contributed by atoms with Gasteiger partial charge in [0.05, 0.1) is 23.0 Å². The molecule has 0 heterocycles. The SMILES string of the molecule is N#Cc1ccc(OCC(=O)Nc2ccccc2N)c(F)c1. The van der Waals surface area contributed by atoms with Crippen LogP contribution in [0.3, 0.4) is 0 Å². The van der Waals surface area contributed by atoms with Crippen molar-refractivity contribution in [2.24, 2.45) is 0 Å². The number of benzene rings is 2. The quantitative estimate of drug-likeness (QED) is 0.844. The van der Waals surface area contributed by atoms with Gasteiger partial charge in [0, 0.05) is 0 Å². The molecule has 0 saturated heterocycles. The molecule has 0 saturated carbocycles. The lowest BCUT2D eigenvalue weighted by Gasteiger charge is -2.09. The minimum absolute atomic E-state index is 0.0924. The fourth-order valence-electron chi connectivity index (χ4n) is 1.63. The van der Waals surface area contributed by atoms with Gasteiger partial charge >= 0.3 is 0 Å². The van der Waals surface area contributed by atoms with E-state index >= 15 is 0 Å². The Morgan fingerprint density at radius 3 is 2.76 bits per heavy atom. The maximum Gasteiger partial charge on any atom is 0.262 e. The number of halogens is 1. The number of nitriles is 1.